The molecule has 66 valence electrons. The van der Waals surface area contributed by atoms with E-state index < -0.39 is 0 Å². The number of nitrogens with one attached hydrogen (secondary N) is 1. The van der Waals surface area contributed by atoms with Gasteiger partial charge in [0.2, 0.25) is 4.80 Å². The molecule has 13 heavy (non-hydrogen) atoms. The minimum atomic E-state index is 0.288. The molecule has 0 aliphatic carbocycles. The van der Waals surface area contributed by atoms with Gasteiger partial charge in [-0.25, -0.2) is 0 Å². The molecule has 3 nitrogen and oxygen atoms in total. The van der Waals surface area contributed by atoms with Crippen LogP contribution < -0.4 is 9.54 Å². The maximum absolute atomic E-state index is 7.22. The lowest BCUT2D eigenvalue weighted by molar-refractivity contribution is 0.477. The molecule has 1 N–H and O–H groups in total. The summed E-state index contributed by atoms with van der Waals surface area (Å²) in [6.07, 6.45) is 0. The van der Waals surface area contributed by atoms with Crippen molar-refractivity contribution in [2.75, 3.05) is 0 Å². The Hall–Kier alpha value is -1.20. The van der Waals surface area contributed by atoms with Gasteiger partial charge >= 0.3 is 0 Å². The lowest BCUT2D eigenvalue weighted by atomic mass is 10.3. The third kappa shape index (κ3) is 2.13. The van der Waals surface area contributed by atoms with Crippen LogP contribution in [0.3, 0.4) is 0 Å². The molecule has 1 aromatic carbocycles. The zero-order valence-corrected chi connectivity index (χ0v) is 8.19. The lowest BCUT2D eigenvalue weighted by Gasteiger charge is -1.98. The summed E-state index contributed by atoms with van der Waals surface area (Å²) in [7, 11) is 2.66. The normalized spacial score (nSPS) is 9.85. The van der Waals surface area contributed by atoms with Gasteiger partial charge in [-0.1, -0.05) is 18.2 Å². The molecule has 1 heterocycles. The van der Waals surface area contributed by atoms with Crippen molar-refractivity contribution in [2.24, 2.45) is 0 Å². The Morgan fingerprint density at radius 2 is 1.92 bits per heavy atom. The van der Waals surface area contributed by atoms with Crippen molar-refractivity contribution in [3.05, 3.63) is 35.1 Å². The van der Waals surface area contributed by atoms with Crippen LogP contribution in [0.25, 0.3) is 0 Å². The van der Waals surface area contributed by atoms with Crippen molar-refractivity contribution in [2.45, 2.75) is 0 Å². The zero-order valence-electron chi connectivity index (χ0n) is 6.56. The number of para-hydroxylation sites is 1. The summed E-state index contributed by atoms with van der Waals surface area (Å²) in [6.45, 7) is 0. The Morgan fingerprint density at radius 1 is 1.15 bits per heavy atom. The van der Waals surface area contributed by atoms with Crippen LogP contribution in [-0.4, -0.2) is 4.98 Å². The van der Waals surface area contributed by atoms with Gasteiger partial charge < -0.3 is 4.74 Å². The molecule has 0 aliphatic rings. The minimum Gasteiger partial charge on any atom is -0.430 e. The number of ether oxygens (including phenoxy) is 1. The molecular weight excluding hydrogens is 204 g/mol. The second-order valence-electron chi connectivity index (χ2n) is 2.26. The van der Waals surface area contributed by atoms with E-state index in [-0.39, 0.29) is 4.80 Å². The maximum atomic E-state index is 7.22. The quantitative estimate of drug-likeness (QED) is 0.774. The summed E-state index contributed by atoms with van der Waals surface area (Å²) < 4.78 is 5.40. The number of nitrogens with zero attached hydrogens (tertiary/aromatic N) is 1. The summed E-state index contributed by atoms with van der Waals surface area (Å²) in [5.41, 5.74) is 0. The molecule has 0 atom stereocenters. The lowest BCUT2D eigenvalue weighted by Crippen LogP contribution is -1.93. The monoisotopic (exact) mass is 210 g/mol. The van der Waals surface area contributed by atoms with Crippen LogP contribution in [0, 0.1) is 5.41 Å². The summed E-state index contributed by atoms with van der Waals surface area (Å²) in [4.78, 5) is 4.18. The highest BCUT2D eigenvalue weighted by Gasteiger charge is 1.99. The van der Waals surface area contributed by atoms with E-state index in [0.29, 0.717) is 5.19 Å². The highest BCUT2D eigenvalue weighted by molar-refractivity contribution is 7.68. The van der Waals surface area contributed by atoms with E-state index in [4.69, 9.17) is 10.1 Å². The third-order valence-electron chi connectivity index (χ3n) is 1.33. The van der Waals surface area contributed by atoms with Gasteiger partial charge in [-0.3, -0.25) is 5.41 Å². The first kappa shape index (κ1) is 8.40. The highest BCUT2D eigenvalue weighted by Crippen LogP contribution is 2.23. The topological polar surface area (TPSA) is 46.0 Å². The third-order valence-corrected chi connectivity index (χ3v) is 3.13. The summed E-state index contributed by atoms with van der Waals surface area (Å²) in [5.74, 6) is 0.754. The van der Waals surface area contributed by atoms with E-state index in [1.165, 1.54) is 20.7 Å². The summed E-state index contributed by atoms with van der Waals surface area (Å²) in [6, 6.07) is 9.43. The number of hydrogen-bond acceptors (Lipinski definition) is 5. The molecule has 5 heteroatoms. The fourth-order valence-corrected chi connectivity index (χ4v) is 2.19. The number of hydrogen-bond donors (Lipinski definition) is 1. The van der Waals surface area contributed by atoms with E-state index in [1.807, 2.05) is 30.3 Å². The second-order valence-corrected chi connectivity index (χ2v) is 4.33. The highest BCUT2D eigenvalue weighted by atomic mass is 32.9. The first-order chi connectivity index (χ1) is 6.34. The van der Waals surface area contributed by atoms with E-state index in [0.717, 1.165) is 5.75 Å². The molecule has 1 aromatic heterocycles. The van der Waals surface area contributed by atoms with E-state index in [9.17, 15) is 0 Å². The van der Waals surface area contributed by atoms with Crippen molar-refractivity contribution < 1.29 is 4.74 Å². The fourth-order valence-electron chi connectivity index (χ4n) is 0.824. The first-order valence-electron chi connectivity index (χ1n) is 3.59. The molecule has 2 rings (SSSR count). The van der Waals surface area contributed by atoms with E-state index >= 15 is 0 Å². The molecule has 2 aromatic rings. The van der Waals surface area contributed by atoms with Crippen LogP contribution in [0.4, 0.5) is 0 Å². The second kappa shape index (κ2) is 3.68. The number of aromatic nitrogens is 1. The molecule has 0 saturated carbocycles. The SMILES string of the molecule is N=c1nc(Oc2ccccc2)ss1. The molecule has 0 unspecified atom stereocenters. The van der Waals surface area contributed by atoms with Crippen LogP contribution in [0.2, 0.25) is 0 Å². The molecule has 0 bridgehead atoms. The smallest absolute Gasteiger partial charge is 0.291 e. The molecule has 0 saturated heterocycles. The predicted molar refractivity (Wildman–Crippen MR) is 52.4 cm³/mol. The van der Waals surface area contributed by atoms with Gasteiger partial charge in [0.05, 0.1) is 0 Å². The molecule has 0 aliphatic heterocycles. The van der Waals surface area contributed by atoms with Gasteiger partial charge in [-0.05, 0) is 32.8 Å². The van der Waals surface area contributed by atoms with Crippen LogP contribution in [0.15, 0.2) is 30.3 Å². The predicted octanol–water partition coefficient (Wildman–Crippen LogP) is 2.48. The van der Waals surface area contributed by atoms with Crippen LogP contribution in [-0.2, 0) is 0 Å². The molecular formula is C8H6N2OS2. The fraction of sp³-hybridized carbons (Fsp3) is 0. The average Bonchev–Trinajstić information content (AvgIpc) is 2.53. The average molecular weight is 210 g/mol. The summed E-state index contributed by atoms with van der Waals surface area (Å²) in [5, 5.41) is 7.75. The van der Waals surface area contributed by atoms with E-state index in [2.05, 4.69) is 4.98 Å². The number of rotatable bonds is 2. The van der Waals surface area contributed by atoms with Gasteiger partial charge in [0.15, 0.2) is 0 Å². The molecule has 0 spiro atoms. The Bertz CT molecular complexity index is 435. The Labute approximate surface area is 82.2 Å². The van der Waals surface area contributed by atoms with Crippen LogP contribution >= 0.6 is 20.7 Å². The molecule has 0 radical (unpaired) electrons. The largest absolute Gasteiger partial charge is 0.430 e. The molecule has 0 fully saturated rings. The van der Waals surface area contributed by atoms with Gasteiger partial charge in [0, 0.05) is 0 Å². The van der Waals surface area contributed by atoms with Crippen LogP contribution in [0.5, 0.6) is 10.9 Å². The van der Waals surface area contributed by atoms with Crippen molar-refractivity contribution in [3.8, 4) is 10.9 Å². The standard InChI is InChI=1S/C8H6N2OS2/c9-7-10-8(13-12-7)11-6-4-2-1-3-5-6/h1-5,9H. The van der Waals surface area contributed by atoms with Crippen molar-refractivity contribution in [3.63, 3.8) is 0 Å². The first-order valence-corrected chi connectivity index (χ1v) is 5.74. The Morgan fingerprint density at radius 3 is 2.54 bits per heavy atom. The van der Waals surface area contributed by atoms with Gasteiger partial charge in [0.1, 0.15) is 5.75 Å². The maximum Gasteiger partial charge on any atom is 0.291 e. The van der Waals surface area contributed by atoms with Crippen molar-refractivity contribution in [1.82, 2.24) is 4.98 Å². The van der Waals surface area contributed by atoms with Crippen LogP contribution in [0.1, 0.15) is 0 Å². The Kier molecular flexibility index (Phi) is 2.37. The van der Waals surface area contributed by atoms with Crippen molar-refractivity contribution >= 4 is 20.7 Å². The van der Waals surface area contributed by atoms with Gasteiger partial charge in [-0.15, -0.1) is 0 Å². The number of benzene rings is 1. The van der Waals surface area contributed by atoms with Gasteiger partial charge in [0.25, 0.3) is 5.19 Å². The zero-order chi connectivity index (χ0) is 9.10. The summed E-state index contributed by atoms with van der Waals surface area (Å²) >= 11 is 0. The Balaban J connectivity index is 2.20. The minimum absolute atomic E-state index is 0.288. The van der Waals surface area contributed by atoms with E-state index in [1.54, 1.807) is 0 Å². The van der Waals surface area contributed by atoms with Crippen molar-refractivity contribution in [1.29, 1.82) is 5.41 Å². The van der Waals surface area contributed by atoms with Gasteiger partial charge in [-0.2, -0.15) is 4.98 Å². The molecule has 0 amide bonds.